The van der Waals surface area contributed by atoms with Gasteiger partial charge in [-0.05, 0) is 47.8 Å². The van der Waals surface area contributed by atoms with Crippen LogP contribution >= 0.6 is 11.3 Å². The number of carbonyl (C=O) groups is 1. The van der Waals surface area contributed by atoms with E-state index < -0.39 is 0 Å². The van der Waals surface area contributed by atoms with Crippen LogP contribution in [0.3, 0.4) is 0 Å². The van der Waals surface area contributed by atoms with E-state index in [1.165, 1.54) is 6.92 Å². The molecule has 5 heterocycles. The molecule has 0 unspecified atom stereocenters. The molecule has 1 saturated heterocycles. The summed E-state index contributed by atoms with van der Waals surface area (Å²) in [6.45, 7) is 4.54. The van der Waals surface area contributed by atoms with E-state index in [0.717, 1.165) is 41.5 Å². The first-order valence-electron chi connectivity index (χ1n) is 11.9. The van der Waals surface area contributed by atoms with Crippen LogP contribution in [0.4, 0.5) is 23.0 Å². The minimum Gasteiger partial charge on any atom is -0.378 e. The van der Waals surface area contributed by atoms with Gasteiger partial charge in [-0.25, -0.2) is 19.9 Å². The average molecular weight is 513 g/mol. The van der Waals surface area contributed by atoms with Gasteiger partial charge in [0, 0.05) is 48.5 Å². The minimum absolute atomic E-state index is 0.116. The maximum Gasteiger partial charge on any atom is 0.221 e. The van der Waals surface area contributed by atoms with E-state index in [1.807, 2.05) is 58.6 Å². The molecule has 37 heavy (non-hydrogen) atoms. The summed E-state index contributed by atoms with van der Waals surface area (Å²) in [6, 6.07) is 13.5. The summed E-state index contributed by atoms with van der Waals surface area (Å²) in [4.78, 5) is 32.6. The Morgan fingerprint density at radius 2 is 1.81 bits per heavy atom. The lowest BCUT2D eigenvalue weighted by Crippen LogP contribution is -2.36. The summed E-state index contributed by atoms with van der Waals surface area (Å²) < 4.78 is 7.41. The number of hydrogen-bond donors (Lipinski definition) is 2. The monoisotopic (exact) mass is 512 g/mol. The second-order valence-electron chi connectivity index (χ2n) is 8.55. The van der Waals surface area contributed by atoms with Crippen molar-refractivity contribution < 1.29 is 9.53 Å². The van der Waals surface area contributed by atoms with Gasteiger partial charge < -0.3 is 20.3 Å². The van der Waals surface area contributed by atoms with Gasteiger partial charge in [-0.3, -0.25) is 9.36 Å². The number of amides is 1. The molecule has 0 saturated carbocycles. The minimum atomic E-state index is -0.116. The Labute approximate surface area is 217 Å². The molecule has 10 nitrogen and oxygen atoms in total. The molecule has 6 rings (SSSR count). The Bertz CT molecular complexity index is 1530. The van der Waals surface area contributed by atoms with E-state index in [2.05, 4.69) is 30.9 Å². The van der Waals surface area contributed by atoms with E-state index in [-0.39, 0.29) is 5.91 Å². The number of morpholine rings is 1. The fourth-order valence-electron chi connectivity index (χ4n) is 4.17. The Kier molecular flexibility index (Phi) is 6.21. The number of fused-ring (bicyclic) bond motifs is 1. The first-order chi connectivity index (χ1) is 18.1. The van der Waals surface area contributed by atoms with E-state index in [0.29, 0.717) is 36.0 Å². The number of aromatic nitrogens is 5. The van der Waals surface area contributed by atoms with Crippen LogP contribution in [0.15, 0.2) is 65.7 Å². The zero-order valence-electron chi connectivity index (χ0n) is 20.1. The number of benzene rings is 1. The number of rotatable bonds is 6. The number of ether oxygens (including phenoxy) is 1. The van der Waals surface area contributed by atoms with Crippen LogP contribution in [0.2, 0.25) is 0 Å². The zero-order valence-corrected chi connectivity index (χ0v) is 20.9. The van der Waals surface area contributed by atoms with Crippen LogP contribution in [0, 0.1) is 0 Å². The molecular weight excluding hydrogens is 488 g/mol. The van der Waals surface area contributed by atoms with Crippen molar-refractivity contribution in [2.75, 3.05) is 41.8 Å². The van der Waals surface area contributed by atoms with Gasteiger partial charge in [-0.15, -0.1) is 0 Å². The van der Waals surface area contributed by atoms with Gasteiger partial charge in [0.25, 0.3) is 0 Å². The molecule has 1 fully saturated rings. The summed E-state index contributed by atoms with van der Waals surface area (Å²) in [7, 11) is 0. The van der Waals surface area contributed by atoms with Crippen LogP contribution < -0.4 is 15.5 Å². The van der Waals surface area contributed by atoms with E-state index in [1.54, 1.807) is 17.7 Å². The SMILES string of the molecule is CC(=O)Nc1ccc(Nc2nc(-c3ccc(N4CCOCC4)nc3)nc3c2ncn3-c2ccsc2)cc1. The van der Waals surface area contributed by atoms with Crippen LogP contribution in [0.1, 0.15) is 6.92 Å². The number of anilines is 4. The highest BCUT2D eigenvalue weighted by Crippen LogP contribution is 2.29. The molecule has 11 heteroatoms. The molecule has 2 N–H and O–H groups in total. The topological polar surface area (TPSA) is 110 Å². The Hall–Kier alpha value is -4.35. The van der Waals surface area contributed by atoms with E-state index in [9.17, 15) is 4.79 Å². The number of nitrogens with zero attached hydrogens (tertiary/aromatic N) is 6. The van der Waals surface area contributed by atoms with Crippen molar-refractivity contribution in [2.24, 2.45) is 0 Å². The molecule has 0 atom stereocenters. The van der Waals surface area contributed by atoms with Crippen molar-refractivity contribution in [2.45, 2.75) is 6.92 Å². The van der Waals surface area contributed by atoms with Crippen LogP contribution in [0.5, 0.6) is 0 Å². The summed E-state index contributed by atoms with van der Waals surface area (Å²) in [5, 5.41) is 10.2. The van der Waals surface area contributed by atoms with Crippen LogP contribution in [0.25, 0.3) is 28.2 Å². The maximum absolute atomic E-state index is 11.4. The van der Waals surface area contributed by atoms with Crippen molar-refractivity contribution >= 4 is 51.4 Å². The lowest BCUT2D eigenvalue weighted by molar-refractivity contribution is -0.114. The number of imidazole rings is 1. The maximum atomic E-state index is 11.4. The Morgan fingerprint density at radius 3 is 2.51 bits per heavy atom. The number of hydrogen-bond acceptors (Lipinski definition) is 9. The zero-order chi connectivity index (χ0) is 25.2. The van der Waals surface area contributed by atoms with Gasteiger partial charge in [0.15, 0.2) is 22.8 Å². The molecular formula is C26H24N8O2S. The third kappa shape index (κ3) is 4.86. The molecule has 1 aliphatic heterocycles. The van der Waals surface area contributed by atoms with Gasteiger partial charge in [0.2, 0.25) is 5.91 Å². The average Bonchev–Trinajstić information content (AvgIpc) is 3.60. The smallest absolute Gasteiger partial charge is 0.221 e. The summed E-state index contributed by atoms with van der Waals surface area (Å²) in [5.74, 6) is 1.92. The van der Waals surface area contributed by atoms with Crippen molar-refractivity contribution in [1.29, 1.82) is 0 Å². The molecule has 5 aromatic rings. The Balaban J connectivity index is 1.38. The summed E-state index contributed by atoms with van der Waals surface area (Å²) in [5.41, 5.74) is 4.67. The van der Waals surface area contributed by atoms with Gasteiger partial charge in [0.1, 0.15) is 12.1 Å². The van der Waals surface area contributed by atoms with E-state index >= 15 is 0 Å². The standard InChI is InChI=1S/C26H24N8O2S/c1-17(35)29-19-3-5-20(6-4-19)30-25-23-26(34(16-28-23)21-8-13-37-15-21)32-24(31-25)18-2-7-22(27-14-18)33-9-11-36-12-10-33/h2-8,13-16H,9-12H2,1H3,(H,29,35)(H,30,31,32). The fraction of sp³-hybridized carbons (Fsp3) is 0.192. The second kappa shape index (κ2) is 9.96. The van der Waals surface area contributed by atoms with Crippen LogP contribution in [-0.2, 0) is 9.53 Å². The van der Waals surface area contributed by atoms with E-state index in [4.69, 9.17) is 14.7 Å². The summed E-state index contributed by atoms with van der Waals surface area (Å²) in [6.07, 6.45) is 3.57. The van der Waals surface area contributed by atoms with Gasteiger partial charge >= 0.3 is 0 Å². The van der Waals surface area contributed by atoms with Crippen molar-refractivity contribution in [3.8, 4) is 17.1 Å². The molecule has 1 aromatic carbocycles. The predicted molar refractivity (Wildman–Crippen MR) is 145 cm³/mol. The second-order valence-corrected chi connectivity index (χ2v) is 9.33. The molecule has 1 aliphatic rings. The molecule has 0 spiro atoms. The van der Waals surface area contributed by atoms with Gasteiger partial charge in [0.05, 0.1) is 18.9 Å². The first kappa shape index (κ1) is 23.1. The molecule has 0 radical (unpaired) electrons. The molecule has 1 amide bonds. The normalized spacial score (nSPS) is 13.6. The lowest BCUT2D eigenvalue weighted by Gasteiger charge is -2.27. The highest BCUT2D eigenvalue weighted by atomic mass is 32.1. The number of pyridine rings is 1. The lowest BCUT2D eigenvalue weighted by atomic mass is 10.2. The number of thiophene rings is 1. The molecule has 186 valence electrons. The number of nitrogens with one attached hydrogen (secondary N) is 2. The predicted octanol–water partition coefficient (Wildman–Crippen LogP) is 4.48. The fourth-order valence-corrected chi connectivity index (χ4v) is 4.80. The van der Waals surface area contributed by atoms with Crippen molar-refractivity contribution in [1.82, 2.24) is 24.5 Å². The highest BCUT2D eigenvalue weighted by Gasteiger charge is 2.17. The Morgan fingerprint density at radius 1 is 1.00 bits per heavy atom. The largest absolute Gasteiger partial charge is 0.378 e. The quantitative estimate of drug-likeness (QED) is 0.343. The molecule has 0 bridgehead atoms. The third-order valence-corrected chi connectivity index (χ3v) is 6.66. The first-order valence-corrected chi connectivity index (χ1v) is 12.8. The van der Waals surface area contributed by atoms with Crippen molar-refractivity contribution in [3.05, 3.63) is 65.7 Å². The molecule has 0 aliphatic carbocycles. The third-order valence-electron chi connectivity index (χ3n) is 5.99. The van der Waals surface area contributed by atoms with Gasteiger partial charge in [-0.2, -0.15) is 11.3 Å². The summed E-state index contributed by atoms with van der Waals surface area (Å²) >= 11 is 1.61. The van der Waals surface area contributed by atoms with Gasteiger partial charge in [-0.1, -0.05) is 0 Å². The van der Waals surface area contributed by atoms with Crippen molar-refractivity contribution in [3.63, 3.8) is 0 Å². The highest BCUT2D eigenvalue weighted by molar-refractivity contribution is 7.08. The molecule has 4 aromatic heterocycles. The van der Waals surface area contributed by atoms with Crippen LogP contribution in [-0.4, -0.2) is 56.7 Å². The number of carbonyl (C=O) groups excluding carboxylic acids is 1.